The molecule has 3 rings (SSSR count). The molecule has 0 amide bonds. The molecule has 0 bridgehead atoms. The van der Waals surface area contributed by atoms with Gasteiger partial charge < -0.3 is 4.74 Å². The highest BCUT2D eigenvalue weighted by molar-refractivity contribution is 7.71. The summed E-state index contributed by atoms with van der Waals surface area (Å²) >= 11 is 5.73. The molecule has 0 fully saturated rings. The Hall–Kier alpha value is -2.86. The second kappa shape index (κ2) is 6.70. The molecule has 0 saturated carbocycles. The summed E-state index contributed by atoms with van der Waals surface area (Å²) in [5.74, 6) is -1.54. The molecule has 0 unspecified atom stereocenters. The van der Waals surface area contributed by atoms with Gasteiger partial charge in [-0.25, -0.2) is 18.5 Å². The van der Waals surface area contributed by atoms with Gasteiger partial charge in [0.1, 0.15) is 12.4 Å². The van der Waals surface area contributed by atoms with Gasteiger partial charge in [-0.1, -0.05) is 11.3 Å². The molecule has 2 heterocycles. The normalized spacial score (nSPS) is 11.1. The van der Waals surface area contributed by atoms with Crippen LogP contribution < -0.4 is 16.3 Å². The van der Waals surface area contributed by atoms with Crippen LogP contribution in [0.4, 0.5) is 4.39 Å². The van der Waals surface area contributed by atoms with Crippen molar-refractivity contribution in [3.63, 3.8) is 0 Å². The number of carbonyl (C=O) groups is 1. The molecule has 0 spiro atoms. The van der Waals surface area contributed by atoms with Crippen molar-refractivity contribution in [2.75, 3.05) is 7.11 Å². The van der Waals surface area contributed by atoms with Crippen molar-refractivity contribution in [1.29, 1.82) is 0 Å². The van der Waals surface area contributed by atoms with Gasteiger partial charge in [0.05, 0.1) is 23.0 Å². The number of thiazole rings is 1. The molecule has 0 aliphatic heterocycles. The monoisotopic (exact) mass is 412 g/mol. The molecule has 2 aromatic heterocycles. The van der Waals surface area contributed by atoms with E-state index in [2.05, 4.69) is 4.74 Å². The molecule has 1 aromatic carbocycles. The van der Waals surface area contributed by atoms with Gasteiger partial charge in [-0.15, -0.1) is 0 Å². The molecule has 0 atom stereocenters. The molecule has 9 nitrogen and oxygen atoms in total. The minimum atomic E-state index is -0.870. The predicted octanol–water partition coefficient (Wildman–Crippen LogP) is 0.293. The van der Waals surface area contributed by atoms with Crippen LogP contribution >= 0.6 is 23.6 Å². The summed E-state index contributed by atoms with van der Waals surface area (Å²) in [5.41, 5.74) is -1.82. The largest absolute Gasteiger partial charge is 0.468 e. The van der Waals surface area contributed by atoms with E-state index >= 15 is 0 Å². The first-order valence-corrected chi connectivity index (χ1v) is 8.69. The number of methoxy groups -OCH3 is 1. The highest BCUT2D eigenvalue weighted by Gasteiger charge is 2.19. The predicted molar refractivity (Wildman–Crippen MR) is 98.7 cm³/mol. The SMILES string of the molecule is COC(=O)Cn1c(=O)sc2cc(F)c(-n3c(=O)n(C)c(=S)n(C)c3=O)cc21. The number of halogens is 1. The van der Waals surface area contributed by atoms with E-state index in [-0.39, 0.29) is 27.2 Å². The van der Waals surface area contributed by atoms with Gasteiger partial charge in [-0.3, -0.25) is 23.3 Å². The zero-order valence-electron chi connectivity index (χ0n) is 14.4. The Kier molecular flexibility index (Phi) is 4.70. The average molecular weight is 412 g/mol. The van der Waals surface area contributed by atoms with Gasteiger partial charge >= 0.3 is 22.2 Å². The third kappa shape index (κ3) is 2.96. The maximum absolute atomic E-state index is 14.7. The second-order valence-electron chi connectivity index (χ2n) is 5.60. The fraction of sp³-hybridized carbons (Fsp3) is 0.267. The lowest BCUT2D eigenvalue weighted by Gasteiger charge is -2.11. The van der Waals surface area contributed by atoms with Gasteiger partial charge in [0.2, 0.25) is 0 Å². The van der Waals surface area contributed by atoms with Crippen LogP contribution in [0.2, 0.25) is 0 Å². The van der Waals surface area contributed by atoms with Crippen molar-refractivity contribution in [2.24, 2.45) is 14.1 Å². The highest BCUT2D eigenvalue weighted by Crippen LogP contribution is 2.23. The maximum Gasteiger partial charge on any atom is 0.338 e. The van der Waals surface area contributed by atoms with Gasteiger partial charge in [0, 0.05) is 14.1 Å². The Labute approximate surface area is 159 Å². The lowest BCUT2D eigenvalue weighted by Crippen LogP contribution is -2.43. The van der Waals surface area contributed by atoms with E-state index in [1.165, 1.54) is 27.3 Å². The van der Waals surface area contributed by atoms with Crippen molar-refractivity contribution in [3.8, 4) is 5.69 Å². The maximum atomic E-state index is 14.7. The zero-order valence-corrected chi connectivity index (χ0v) is 16.0. The second-order valence-corrected chi connectivity index (χ2v) is 6.96. The van der Waals surface area contributed by atoms with E-state index in [0.717, 1.165) is 31.1 Å². The molecule has 0 N–H and O–H groups in total. The summed E-state index contributed by atoms with van der Waals surface area (Å²) in [6.07, 6.45) is 0. The lowest BCUT2D eigenvalue weighted by molar-refractivity contribution is -0.141. The van der Waals surface area contributed by atoms with Crippen LogP contribution in [0.5, 0.6) is 0 Å². The van der Waals surface area contributed by atoms with Crippen LogP contribution in [0.25, 0.3) is 15.9 Å². The molecule has 12 heteroatoms. The number of nitrogens with zero attached hydrogens (tertiary/aromatic N) is 4. The third-order valence-electron chi connectivity index (χ3n) is 4.02. The first-order chi connectivity index (χ1) is 12.7. The number of carbonyl (C=O) groups excluding carboxylic acids is 1. The summed E-state index contributed by atoms with van der Waals surface area (Å²) in [6.45, 7) is -0.383. The van der Waals surface area contributed by atoms with Gasteiger partial charge in [-0.2, -0.15) is 0 Å². The van der Waals surface area contributed by atoms with E-state index in [9.17, 15) is 23.6 Å². The standard InChI is InChI=1S/C15H13FN4O5S2/c1-17-12(22)20(13(23)18(2)14(17)26)8-5-9-10(4-7(8)16)27-15(24)19(9)6-11(21)25-3/h4-5H,6H2,1-3H3. The number of esters is 1. The van der Waals surface area contributed by atoms with Crippen molar-refractivity contribution < 1.29 is 13.9 Å². The van der Waals surface area contributed by atoms with Crippen LogP contribution in [-0.4, -0.2) is 31.3 Å². The summed E-state index contributed by atoms with van der Waals surface area (Å²) in [5, 5.41) is 0. The van der Waals surface area contributed by atoms with Crippen molar-refractivity contribution >= 4 is 39.7 Å². The Balaban J connectivity index is 2.40. The molecular formula is C15H13FN4O5S2. The van der Waals surface area contributed by atoms with E-state index in [0.29, 0.717) is 4.57 Å². The number of ether oxygens (including phenoxy) is 1. The van der Waals surface area contributed by atoms with Gasteiger partial charge in [0.15, 0.2) is 4.77 Å². The molecule has 27 heavy (non-hydrogen) atoms. The van der Waals surface area contributed by atoms with Gasteiger partial charge in [0.25, 0.3) is 0 Å². The molecule has 0 aliphatic rings. The van der Waals surface area contributed by atoms with Gasteiger partial charge in [-0.05, 0) is 24.4 Å². The fourth-order valence-electron chi connectivity index (χ4n) is 2.56. The van der Waals surface area contributed by atoms with E-state index in [1.807, 2.05) is 0 Å². The van der Waals surface area contributed by atoms with Crippen LogP contribution in [-0.2, 0) is 30.2 Å². The summed E-state index contributed by atoms with van der Waals surface area (Å²) < 4.78 is 23.2. The van der Waals surface area contributed by atoms with E-state index < -0.39 is 28.0 Å². The van der Waals surface area contributed by atoms with E-state index in [4.69, 9.17) is 12.2 Å². The fourth-order valence-corrected chi connectivity index (χ4v) is 3.62. The quantitative estimate of drug-likeness (QED) is 0.453. The number of rotatable bonds is 3. The minimum Gasteiger partial charge on any atom is -0.468 e. The number of hydrogen-bond acceptors (Lipinski definition) is 7. The van der Waals surface area contributed by atoms with Crippen LogP contribution in [0, 0.1) is 10.6 Å². The van der Waals surface area contributed by atoms with Crippen LogP contribution in [0.3, 0.4) is 0 Å². The Morgan fingerprint density at radius 2 is 1.78 bits per heavy atom. The van der Waals surface area contributed by atoms with Crippen molar-refractivity contribution in [2.45, 2.75) is 6.54 Å². The number of aromatic nitrogens is 4. The van der Waals surface area contributed by atoms with Crippen LogP contribution in [0.15, 0.2) is 26.5 Å². The summed E-state index contributed by atoms with van der Waals surface area (Å²) in [4.78, 5) is 48.2. The Morgan fingerprint density at radius 3 is 2.33 bits per heavy atom. The molecule has 3 aromatic rings. The number of hydrogen-bond donors (Lipinski definition) is 0. The smallest absolute Gasteiger partial charge is 0.338 e. The number of fused-ring (bicyclic) bond motifs is 1. The first-order valence-electron chi connectivity index (χ1n) is 7.46. The third-order valence-corrected chi connectivity index (χ3v) is 5.51. The highest BCUT2D eigenvalue weighted by atomic mass is 32.1. The molecule has 0 aliphatic carbocycles. The molecule has 0 saturated heterocycles. The van der Waals surface area contributed by atoms with Crippen molar-refractivity contribution in [1.82, 2.24) is 18.3 Å². The zero-order chi connectivity index (χ0) is 20.0. The Bertz CT molecular complexity index is 1290. The Morgan fingerprint density at radius 1 is 1.19 bits per heavy atom. The average Bonchev–Trinajstić information content (AvgIpc) is 2.93. The summed E-state index contributed by atoms with van der Waals surface area (Å²) in [6, 6.07) is 2.22. The summed E-state index contributed by atoms with van der Waals surface area (Å²) in [7, 11) is 3.89. The molecule has 0 radical (unpaired) electrons. The molecular weight excluding hydrogens is 399 g/mol. The lowest BCUT2D eigenvalue weighted by atomic mass is 10.2. The van der Waals surface area contributed by atoms with Crippen molar-refractivity contribution in [3.05, 3.63) is 53.4 Å². The minimum absolute atomic E-state index is 0.0270. The first kappa shape index (κ1) is 18.9. The topological polar surface area (TPSA) is 97.2 Å². The van der Waals surface area contributed by atoms with E-state index in [1.54, 1.807) is 0 Å². The van der Waals surface area contributed by atoms with Crippen LogP contribution in [0.1, 0.15) is 0 Å². The molecule has 142 valence electrons. The number of benzene rings is 1.